The lowest BCUT2D eigenvalue weighted by atomic mass is 9.68. The van der Waals surface area contributed by atoms with Gasteiger partial charge in [0.15, 0.2) is 0 Å². The zero-order valence-corrected chi connectivity index (χ0v) is 42.7. The molecule has 358 valence electrons. The maximum Gasteiger partial charge on any atom is 0.147 e. The number of hydrogen-bond acceptors (Lipinski definition) is 3. The average Bonchev–Trinajstić information content (AvgIpc) is 4.07. The van der Waals surface area contributed by atoms with Gasteiger partial charge in [0, 0.05) is 61.4 Å². The third kappa shape index (κ3) is 7.13. The van der Waals surface area contributed by atoms with Gasteiger partial charge in [-0.1, -0.05) is 198 Å². The normalized spacial score (nSPS) is 14.6. The monoisotopic (exact) mass is 955 g/mol. The van der Waals surface area contributed by atoms with E-state index in [0.717, 1.165) is 78.4 Å². The molecule has 0 saturated carbocycles. The summed E-state index contributed by atoms with van der Waals surface area (Å²) in [6.07, 6.45) is 1.92. The highest BCUT2D eigenvalue weighted by Crippen LogP contribution is 2.54. The molecule has 12 aromatic rings. The molecule has 1 aliphatic rings. The Balaban J connectivity index is 1.08. The lowest BCUT2D eigenvalue weighted by molar-refractivity contribution is 0.590. The summed E-state index contributed by atoms with van der Waals surface area (Å²) in [7, 11) is 0. The Bertz CT molecular complexity index is 4030. The number of nitrogens with zero attached hydrogens (tertiary/aromatic N) is 4. The van der Waals surface area contributed by atoms with Crippen LogP contribution in [0.1, 0.15) is 74.9 Å². The quantitative estimate of drug-likeness (QED) is 0.165. The van der Waals surface area contributed by atoms with Crippen molar-refractivity contribution < 1.29 is 0 Å². The van der Waals surface area contributed by atoms with Crippen LogP contribution >= 0.6 is 0 Å². The number of imidazole rings is 1. The van der Waals surface area contributed by atoms with Crippen molar-refractivity contribution in [2.24, 2.45) is 0 Å². The highest BCUT2D eigenvalue weighted by atomic mass is 15.2. The van der Waals surface area contributed by atoms with Gasteiger partial charge in [0.25, 0.3) is 0 Å². The summed E-state index contributed by atoms with van der Waals surface area (Å²) in [4.78, 5) is 17.4. The van der Waals surface area contributed by atoms with Crippen molar-refractivity contribution in [3.8, 4) is 39.3 Å². The van der Waals surface area contributed by atoms with Gasteiger partial charge in [-0.05, 0) is 118 Å². The third-order valence-corrected chi connectivity index (χ3v) is 15.9. The van der Waals surface area contributed by atoms with Crippen LogP contribution in [0.2, 0.25) is 0 Å². The molecule has 0 bridgehead atoms. The molecule has 1 atom stereocenters. The second kappa shape index (κ2) is 17.2. The molecule has 1 unspecified atom stereocenters. The van der Waals surface area contributed by atoms with E-state index in [1.807, 2.05) is 6.20 Å². The first-order valence-electron chi connectivity index (χ1n) is 25.8. The van der Waals surface area contributed by atoms with Gasteiger partial charge in [-0.25, -0.2) is 9.97 Å². The predicted octanol–water partition coefficient (Wildman–Crippen LogP) is 17.8. The number of anilines is 3. The molecule has 3 aromatic heterocycles. The molecule has 0 aliphatic carbocycles. The summed E-state index contributed by atoms with van der Waals surface area (Å²) in [6.45, 7) is 13.9. The summed E-state index contributed by atoms with van der Waals surface area (Å²) in [5.74, 6) is 1.79. The van der Waals surface area contributed by atoms with Crippen molar-refractivity contribution in [2.45, 2.75) is 57.8 Å². The Morgan fingerprint density at radius 2 is 1.16 bits per heavy atom. The van der Waals surface area contributed by atoms with Gasteiger partial charge in [0.1, 0.15) is 11.6 Å². The highest BCUT2D eigenvalue weighted by molar-refractivity contribution is 6.17. The van der Waals surface area contributed by atoms with Crippen LogP contribution in [0.25, 0.3) is 72.2 Å². The largest absolute Gasteiger partial charge is 0.354 e. The molecule has 9 aromatic carbocycles. The number of para-hydroxylation sites is 2. The Morgan fingerprint density at radius 3 is 1.93 bits per heavy atom. The fourth-order valence-corrected chi connectivity index (χ4v) is 11.8. The van der Waals surface area contributed by atoms with E-state index < -0.39 is 5.41 Å². The smallest absolute Gasteiger partial charge is 0.147 e. The molecule has 0 radical (unpaired) electrons. The van der Waals surface area contributed by atoms with Crippen LogP contribution in [-0.2, 0) is 16.2 Å². The number of H-pyrrole nitrogens is 1. The van der Waals surface area contributed by atoms with Crippen molar-refractivity contribution in [2.75, 3.05) is 4.90 Å². The molecule has 74 heavy (non-hydrogen) atoms. The van der Waals surface area contributed by atoms with Crippen LogP contribution in [0.4, 0.5) is 17.2 Å². The van der Waals surface area contributed by atoms with Gasteiger partial charge in [-0.3, -0.25) is 9.47 Å². The van der Waals surface area contributed by atoms with Crippen LogP contribution < -0.4 is 4.90 Å². The molecule has 1 aliphatic heterocycles. The van der Waals surface area contributed by atoms with Crippen LogP contribution in [0, 0.1) is 0 Å². The van der Waals surface area contributed by atoms with E-state index >= 15 is 0 Å². The van der Waals surface area contributed by atoms with E-state index in [0.29, 0.717) is 0 Å². The van der Waals surface area contributed by atoms with E-state index in [1.54, 1.807) is 0 Å². The zero-order chi connectivity index (χ0) is 50.3. The molecule has 0 saturated heterocycles. The van der Waals surface area contributed by atoms with Gasteiger partial charge in [0.2, 0.25) is 0 Å². The zero-order valence-electron chi connectivity index (χ0n) is 42.7. The number of benzene rings is 9. The Hall–Kier alpha value is -8.80. The fourth-order valence-electron chi connectivity index (χ4n) is 11.8. The van der Waals surface area contributed by atoms with Crippen molar-refractivity contribution in [3.63, 3.8) is 0 Å². The standard InChI is InChI=1S/C69H57N5/c1-67(2,3)47-37-39-51(40-38-47)73-61-44-50(68(4,5)48-25-12-8-13-26-48)43-56(64(61)72-65(73)55-32-19-31-54-62-53(45-22-10-7-11-23-45)30-20-35-59(62)71-63(54)55)46-24-18-29-52(42-46)74-60-36-17-16-33-57(60)69(6,49-27-14-9-15-28-49)58-34-21-41-70-66(58)74/h7-44,71H,1-6H3. The summed E-state index contributed by atoms with van der Waals surface area (Å²) in [5.41, 5.74) is 19.4. The summed E-state index contributed by atoms with van der Waals surface area (Å²) < 4.78 is 2.41. The second-order valence-electron chi connectivity index (χ2n) is 21.7. The summed E-state index contributed by atoms with van der Waals surface area (Å²) in [5, 5.41) is 2.37. The first-order valence-corrected chi connectivity index (χ1v) is 25.8. The first kappa shape index (κ1) is 45.1. The number of fused-ring (bicyclic) bond motifs is 6. The van der Waals surface area contributed by atoms with E-state index in [-0.39, 0.29) is 10.8 Å². The third-order valence-electron chi connectivity index (χ3n) is 15.9. The van der Waals surface area contributed by atoms with Gasteiger partial charge in [0.05, 0.1) is 22.2 Å². The van der Waals surface area contributed by atoms with Crippen molar-refractivity contribution in [3.05, 3.63) is 264 Å². The molecular formula is C69H57N5. The molecule has 13 rings (SSSR count). The Labute approximate surface area is 433 Å². The highest BCUT2D eigenvalue weighted by Gasteiger charge is 2.42. The molecule has 1 N–H and O–H groups in total. The number of hydrogen-bond donors (Lipinski definition) is 1. The molecule has 0 fully saturated rings. The van der Waals surface area contributed by atoms with Gasteiger partial charge in [-0.2, -0.15) is 0 Å². The number of aromatic nitrogens is 4. The van der Waals surface area contributed by atoms with Crippen molar-refractivity contribution in [1.29, 1.82) is 0 Å². The van der Waals surface area contributed by atoms with Crippen molar-refractivity contribution in [1.82, 2.24) is 19.5 Å². The topological polar surface area (TPSA) is 49.7 Å². The number of nitrogens with one attached hydrogen (secondary N) is 1. The van der Waals surface area contributed by atoms with Crippen LogP contribution in [0.15, 0.2) is 231 Å². The van der Waals surface area contributed by atoms with E-state index in [1.165, 1.54) is 44.3 Å². The van der Waals surface area contributed by atoms with Gasteiger partial charge < -0.3 is 4.98 Å². The van der Waals surface area contributed by atoms with E-state index in [2.05, 4.69) is 280 Å². The molecule has 5 nitrogen and oxygen atoms in total. The SMILES string of the molecule is CC(C)(C)c1ccc(-n2c(-c3cccc4c3[nH]c3cccc(-c5ccccc5)c34)nc3c(-c4cccc(N5c6ccccc6C(C)(c6ccccc6)c6cccnc65)c4)cc(C(C)(C)c4ccccc4)cc32)cc1. The minimum Gasteiger partial charge on any atom is -0.354 e. The number of aromatic amines is 1. The van der Waals surface area contributed by atoms with E-state index in [9.17, 15) is 0 Å². The van der Waals surface area contributed by atoms with Crippen molar-refractivity contribution >= 4 is 50.0 Å². The Kier molecular flexibility index (Phi) is 10.5. The fraction of sp³-hybridized carbons (Fsp3) is 0.130. The molecule has 4 heterocycles. The minimum atomic E-state index is -0.426. The minimum absolute atomic E-state index is 0.0130. The van der Waals surface area contributed by atoms with E-state index in [4.69, 9.17) is 9.97 Å². The van der Waals surface area contributed by atoms with Crippen LogP contribution in [0.3, 0.4) is 0 Å². The lowest BCUT2D eigenvalue weighted by Crippen LogP contribution is -2.34. The maximum atomic E-state index is 5.89. The van der Waals surface area contributed by atoms with Gasteiger partial charge in [-0.15, -0.1) is 0 Å². The maximum absolute atomic E-state index is 5.89. The average molecular weight is 956 g/mol. The second-order valence-corrected chi connectivity index (χ2v) is 21.7. The first-order chi connectivity index (χ1) is 36.0. The number of pyridine rings is 1. The van der Waals surface area contributed by atoms with Crippen LogP contribution in [0.5, 0.6) is 0 Å². The van der Waals surface area contributed by atoms with Crippen LogP contribution in [-0.4, -0.2) is 19.5 Å². The molecule has 5 heteroatoms. The molecule has 0 spiro atoms. The predicted molar refractivity (Wildman–Crippen MR) is 308 cm³/mol. The molecule has 0 amide bonds. The lowest BCUT2D eigenvalue weighted by Gasteiger charge is -2.43. The Morgan fingerprint density at radius 1 is 0.500 bits per heavy atom. The summed E-state index contributed by atoms with van der Waals surface area (Å²) >= 11 is 0. The number of rotatable bonds is 8. The van der Waals surface area contributed by atoms with Gasteiger partial charge >= 0.3 is 0 Å². The summed E-state index contributed by atoms with van der Waals surface area (Å²) in [6, 6.07) is 81.8. The molecular weight excluding hydrogens is 899 g/mol.